The Balaban J connectivity index is 1.63. The van der Waals surface area contributed by atoms with Crippen LogP contribution in [-0.4, -0.2) is 22.3 Å². The van der Waals surface area contributed by atoms with Gasteiger partial charge in [0.1, 0.15) is 11.6 Å². The third-order valence-electron chi connectivity index (χ3n) is 5.66. The highest BCUT2D eigenvalue weighted by Crippen LogP contribution is 2.41. The first-order valence-corrected chi connectivity index (χ1v) is 10.4. The number of fused-ring (bicyclic) bond motifs is 2. The molecule has 9 heteroatoms. The number of aromatic nitrogens is 1. The normalized spacial score (nSPS) is 23.8. The summed E-state index contributed by atoms with van der Waals surface area (Å²) in [6.45, 7) is -0.195. The molecule has 2 heterocycles. The number of halogens is 3. The largest absolute Gasteiger partial charge is 0.433 e. The number of carbonyl (C=O) groups is 3. The maximum Gasteiger partial charge on any atom is 0.433 e. The van der Waals surface area contributed by atoms with Crippen LogP contribution < -0.4 is 0 Å². The number of hydrogen-bond donors (Lipinski definition) is 0. The Morgan fingerprint density at radius 3 is 2.40 bits per heavy atom. The molecule has 2 aromatic heterocycles. The van der Waals surface area contributed by atoms with Crippen molar-refractivity contribution in [3.63, 3.8) is 0 Å². The molecule has 0 amide bonds. The van der Waals surface area contributed by atoms with Crippen LogP contribution in [-0.2, 0) is 33.7 Å². The van der Waals surface area contributed by atoms with Crippen LogP contribution >= 0.6 is 11.3 Å². The maximum absolute atomic E-state index is 13.1. The summed E-state index contributed by atoms with van der Waals surface area (Å²) in [4.78, 5) is 42.8. The molecule has 4 rings (SSSR count). The van der Waals surface area contributed by atoms with Crippen LogP contribution in [0.1, 0.15) is 45.9 Å². The number of pyridine rings is 1. The van der Waals surface area contributed by atoms with Crippen molar-refractivity contribution in [3.05, 3.63) is 51.5 Å². The summed E-state index contributed by atoms with van der Waals surface area (Å²) in [6, 6.07) is 5.32. The van der Waals surface area contributed by atoms with E-state index in [0.29, 0.717) is 25.3 Å². The molecular weight excluding hydrogens is 419 g/mol. The van der Waals surface area contributed by atoms with Gasteiger partial charge in [0.25, 0.3) is 0 Å². The average molecular weight is 437 g/mol. The van der Waals surface area contributed by atoms with Crippen molar-refractivity contribution in [2.45, 2.75) is 38.7 Å². The number of nitrogens with zero attached hydrogens (tertiary/aromatic N) is 1. The summed E-state index contributed by atoms with van der Waals surface area (Å²) in [5, 5.41) is 1.84. The third-order valence-corrected chi connectivity index (χ3v) is 6.51. The smallest absolute Gasteiger partial charge is 0.370 e. The van der Waals surface area contributed by atoms with Crippen molar-refractivity contribution in [2.75, 3.05) is 0 Å². The standard InChI is InChI=1S/C21H18F3NO4S/c22-21(23,24)16-6-5-14(15(25-16)10-29-9-13-2-1-7-30-13)20(28)17-18(26)11-3-4-12(8-11)19(17)27/h1-2,5-7,11-12,17H,3-4,8-10H2. The number of alkyl halides is 3. The predicted octanol–water partition coefficient (Wildman–Crippen LogP) is 4.25. The molecule has 2 aliphatic carbocycles. The lowest BCUT2D eigenvalue weighted by molar-refractivity contribution is -0.141. The average Bonchev–Trinajstić information content (AvgIpc) is 3.37. The topological polar surface area (TPSA) is 73.3 Å². The Kier molecular flexibility index (Phi) is 5.59. The van der Waals surface area contributed by atoms with Crippen LogP contribution in [0.15, 0.2) is 29.6 Å². The van der Waals surface area contributed by atoms with Crippen LogP contribution in [0.4, 0.5) is 13.2 Å². The van der Waals surface area contributed by atoms with Gasteiger partial charge in [-0.05, 0) is 42.8 Å². The summed E-state index contributed by atoms with van der Waals surface area (Å²) in [5.41, 5.74) is -1.54. The van der Waals surface area contributed by atoms with E-state index in [1.807, 2.05) is 17.5 Å². The monoisotopic (exact) mass is 437 g/mol. The van der Waals surface area contributed by atoms with Gasteiger partial charge in [-0.15, -0.1) is 11.3 Å². The first-order valence-electron chi connectivity index (χ1n) is 9.54. The number of ketones is 3. The van der Waals surface area contributed by atoms with Gasteiger partial charge >= 0.3 is 6.18 Å². The molecule has 0 radical (unpaired) electrons. The molecule has 158 valence electrons. The molecule has 2 saturated carbocycles. The SMILES string of the molecule is O=C(c1ccc(C(F)(F)F)nc1COCc1cccs1)C1C(=O)C2CCC(C2)C1=O. The second kappa shape index (κ2) is 8.03. The number of ether oxygens (including phenoxy) is 1. The number of Topliss-reactive ketones (excluding diaryl/α,β-unsaturated/α-hetero) is 3. The van der Waals surface area contributed by atoms with Gasteiger partial charge in [0.05, 0.1) is 18.9 Å². The van der Waals surface area contributed by atoms with Crippen LogP contribution in [0, 0.1) is 17.8 Å². The van der Waals surface area contributed by atoms with Crippen molar-refractivity contribution in [2.24, 2.45) is 17.8 Å². The molecule has 2 unspecified atom stereocenters. The van der Waals surface area contributed by atoms with Gasteiger partial charge in [-0.2, -0.15) is 13.2 Å². The molecule has 0 spiro atoms. The Bertz CT molecular complexity index is 965. The molecule has 2 aromatic rings. The number of carbonyl (C=O) groups excluding carboxylic acids is 3. The minimum atomic E-state index is -4.69. The summed E-state index contributed by atoms with van der Waals surface area (Å²) < 4.78 is 44.9. The first-order chi connectivity index (χ1) is 14.3. The van der Waals surface area contributed by atoms with Crippen LogP contribution in [0.5, 0.6) is 0 Å². The van der Waals surface area contributed by atoms with E-state index in [9.17, 15) is 27.6 Å². The van der Waals surface area contributed by atoms with E-state index in [1.165, 1.54) is 11.3 Å². The fraction of sp³-hybridized carbons (Fsp3) is 0.429. The number of rotatable bonds is 6. The van der Waals surface area contributed by atoms with E-state index in [0.717, 1.165) is 10.9 Å². The Hall–Kier alpha value is -2.39. The Morgan fingerprint density at radius 1 is 1.10 bits per heavy atom. The summed E-state index contributed by atoms with van der Waals surface area (Å²) in [5.74, 6) is -3.75. The number of thiophene rings is 1. The number of hydrogen-bond acceptors (Lipinski definition) is 6. The highest BCUT2D eigenvalue weighted by molar-refractivity contribution is 7.09. The maximum atomic E-state index is 13.1. The third kappa shape index (κ3) is 3.96. The Labute approximate surface area is 174 Å². The van der Waals surface area contributed by atoms with E-state index in [-0.39, 0.29) is 36.3 Å². The van der Waals surface area contributed by atoms with E-state index < -0.39 is 35.1 Å². The van der Waals surface area contributed by atoms with Gasteiger partial charge in [-0.1, -0.05) is 6.07 Å². The van der Waals surface area contributed by atoms with Crippen molar-refractivity contribution >= 4 is 28.7 Å². The highest BCUT2D eigenvalue weighted by atomic mass is 32.1. The van der Waals surface area contributed by atoms with Crippen molar-refractivity contribution < 1.29 is 32.3 Å². The minimum absolute atomic E-state index is 0.147. The molecular formula is C21H18F3NO4S. The lowest BCUT2D eigenvalue weighted by Gasteiger charge is -2.25. The zero-order valence-corrected chi connectivity index (χ0v) is 16.6. The molecule has 2 fully saturated rings. The zero-order valence-electron chi connectivity index (χ0n) is 15.8. The van der Waals surface area contributed by atoms with Crippen LogP contribution in [0.25, 0.3) is 0 Å². The molecule has 0 aliphatic heterocycles. The van der Waals surface area contributed by atoms with E-state index in [2.05, 4.69) is 4.98 Å². The second-order valence-electron chi connectivity index (χ2n) is 7.57. The molecule has 0 N–H and O–H groups in total. The zero-order chi connectivity index (χ0) is 21.5. The van der Waals surface area contributed by atoms with E-state index in [1.54, 1.807) is 0 Å². The van der Waals surface area contributed by atoms with Crippen LogP contribution in [0.3, 0.4) is 0 Å². The lowest BCUT2D eigenvalue weighted by Crippen LogP contribution is -2.42. The lowest BCUT2D eigenvalue weighted by atomic mass is 9.75. The molecule has 5 nitrogen and oxygen atoms in total. The van der Waals surface area contributed by atoms with Gasteiger partial charge in [-0.25, -0.2) is 4.98 Å². The molecule has 0 saturated heterocycles. The van der Waals surface area contributed by atoms with Crippen molar-refractivity contribution in [1.29, 1.82) is 0 Å². The Morgan fingerprint density at radius 2 is 1.80 bits per heavy atom. The van der Waals surface area contributed by atoms with Gasteiger partial charge in [0.2, 0.25) is 0 Å². The fourth-order valence-electron chi connectivity index (χ4n) is 4.16. The van der Waals surface area contributed by atoms with Gasteiger partial charge in [0, 0.05) is 22.3 Å². The minimum Gasteiger partial charge on any atom is -0.370 e. The molecule has 2 aliphatic rings. The van der Waals surface area contributed by atoms with Gasteiger partial charge in [-0.3, -0.25) is 14.4 Å². The molecule has 30 heavy (non-hydrogen) atoms. The summed E-state index contributed by atoms with van der Waals surface area (Å²) >= 11 is 1.42. The van der Waals surface area contributed by atoms with Crippen LogP contribution in [0.2, 0.25) is 0 Å². The second-order valence-corrected chi connectivity index (χ2v) is 8.60. The quantitative estimate of drug-likeness (QED) is 0.499. The van der Waals surface area contributed by atoms with E-state index in [4.69, 9.17) is 4.74 Å². The summed E-state index contributed by atoms with van der Waals surface area (Å²) in [6.07, 6.45) is -3.09. The van der Waals surface area contributed by atoms with Crippen molar-refractivity contribution in [3.8, 4) is 0 Å². The van der Waals surface area contributed by atoms with E-state index >= 15 is 0 Å². The summed E-state index contributed by atoms with van der Waals surface area (Å²) in [7, 11) is 0. The molecule has 2 atom stereocenters. The first kappa shape index (κ1) is 20.9. The van der Waals surface area contributed by atoms with Gasteiger partial charge < -0.3 is 4.74 Å². The predicted molar refractivity (Wildman–Crippen MR) is 101 cm³/mol. The highest BCUT2D eigenvalue weighted by Gasteiger charge is 2.50. The van der Waals surface area contributed by atoms with Gasteiger partial charge in [0.15, 0.2) is 17.3 Å². The fourth-order valence-corrected chi connectivity index (χ4v) is 4.80. The molecule has 2 bridgehead atoms. The molecule has 0 aromatic carbocycles. The van der Waals surface area contributed by atoms with Crippen molar-refractivity contribution in [1.82, 2.24) is 4.98 Å².